The fourth-order valence-corrected chi connectivity index (χ4v) is 4.00. The van der Waals surface area contributed by atoms with E-state index in [0.717, 1.165) is 34.7 Å². The molecular weight excluding hydrogens is 386 g/mol. The number of amides is 1. The summed E-state index contributed by atoms with van der Waals surface area (Å²) in [6, 6.07) is 13.1. The molecule has 1 heterocycles. The number of hydrogen-bond acceptors (Lipinski definition) is 5. The highest BCUT2D eigenvalue weighted by Crippen LogP contribution is 2.32. The predicted octanol–water partition coefficient (Wildman–Crippen LogP) is 2.89. The molecule has 3 aromatic rings. The van der Waals surface area contributed by atoms with Crippen LogP contribution in [0.3, 0.4) is 0 Å². The van der Waals surface area contributed by atoms with E-state index in [1.54, 1.807) is 12.0 Å². The summed E-state index contributed by atoms with van der Waals surface area (Å²) in [6.07, 6.45) is 0.893. The van der Waals surface area contributed by atoms with Crippen LogP contribution in [0.1, 0.15) is 23.7 Å². The number of quaternary nitrogens is 1. The van der Waals surface area contributed by atoms with Crippen LogP contribution in [0.5, 0.6) is 11.5 Å². The molecule has 1 amide bonds. The van der Waals surface area contributed by atoms with E-state index < -0.39 is 0 Å². The van der Waals surface area contributed by atoms with E-state index in [2.05, 4.69) is 14.1 Å². The van der Waals surface area contributed by atoms with Gasteiger partial charge in [-0.25, -0.2) is 4.98 Å². The number of carbonyl (C=O) groups excluding carboxylic acids is 1. The Kier molecular flexibility index (Phi) is 7.06. The van der Waals surface area contributed by atoms with Crippen LogP contribution in [-0.2, 0) is 0 Å². The van der Waals surface area contributed by atoms with Crippen LogP contribution < -0.4 is 19.3 Å². The van der Waals surface area contributed by atoms with Crippen molar-refractivity contribution in [1.82, 2.24) is 4.98 Å². The van der Waals surface area contributed by atoms with Gasteiger partial charge >= 0.3 is 0 Å². The molecule has 0 saturated heterocycles. The molecule has 154 valence electrons. The first-order valence-corrected chi connectivity index (χ1v) is 10.6. The van der Waals surface area contributed by atoms with E-state index in [1.807, 2.05) is 49.4 Å². The van der Waals surface area contributed by atoms with Gasteiger partial charge in [0.25, 0.3) is 5.91 Å². The summed E-state index contributed by atoms with van der Waals surface area (Å²) in [4.78, 5) is 21.2. The summed E-state index contributed by atoms with van der Waals surface area (Å²) in [5.41, 5.74) is 1.47. The van der Waals surface area contributed by atoms with E-state index in [-0.39, 0.29) is 5.91 Å². The monoisotopic (exact) mass is 414 g/mol. The summed E-state index contributed by atoms with van der Waals surface area (Å²) in [5.74, 6) is 1.47. The summed E-state index contributed by atoms with van der Waals surface area (Å²) < 4.78 is 11.8. The molecule has 6 nitrogen and oxygen atoms in total. The Bertz CT molecular complexity index is 954. The second kappa shape index (κ2) is 9.71. The number of methoxy groups -OCH3 is 1. The van der Waals surface area contributed by atoms with Gasteiger partial charge < -0.3 is 14.4 Å². The number of benzene rings is 2. The van der Waals surface area contributed by atoms with Gasteiger partial charge in [0.2, 0.25) is 0 Å². The van der Waals surface area contributed by atoms with Crippen molar-refractivity contribution in [2.75, 3.05) is 45.8 Å². The van der Waals surface area contributed by atoms with Crippen molar-refractivity contribution in [3.05, 3.63) is 48.0 Å². The van der Waals surface area contributed by atoms with Gasteiger partial charge in [0, 0.05) is 24.6 Å². The van der Waals surface area contributed by atoms with Crippen LogP contribution in [0.2, 0.25) is 0 Å². The predicted molar refractivity (Wildman–Crippen MR) is 118 cm³/mol. The van der Waals surface area contributed by atoms with Gasteiger partial charge in [0.05, 0.1) is 44.6 Å². The lowest BCUT2D eigenvalue weighted by molar-refractivity contribution is -0.858. The van der Waals surface area contributed by atoms with Gasteiger partial charge in [-0.1, -0.05) is 11.3 Å². The van der Waals surface area contributed by atoms with Crippen molar-refractivity contribution >= 4 is 32.6 Å². The smallest absolute Gasteiger partial charge is 0.260 e. The average molecular weight is 415 g/mol. The lowest BCUT2D eigenvalue weighted by Crippen LogP contribution is -3.05. The van der Waals surface area contributed by atoms with Crippen LogP contribution in [0.4, 0.5) is 5.13 Å². The lowest BCUT2D eigenvalue weighted by atomic mass is 10.2. The van der Waals surface area contributed by atoms with Gasteiger partial charge in [0.1, 0.15) is 11.5 Å². The van der Waals surface area contributed by atoms with Crippen LogP contribution in [0.25, 0.3) is 10.2 Å². The Morgan fingerprint density at radius 3 is 2.52 bits per heavy atom. The first-order valence-electron chi connectivity index (χ1n) is 9.80. The third kappa shape index (κ3) is 5.25. The summed E-state index contributed by atoms with van der Waals surface area (Å²) >= 11 is 1.52. The Hall–Kier alpha value is -2.64. The van der Waals surface area contributed by atoms with Gasteiger partial charge in [-0.3, -0.25) is 9.69 Å². The number of fused-ring (bicyclic) bond motifs is 1. The Morgan fingerprint density at radius 1 is 1.14 bits per heavy atom. The van der Waals surface area contributed by atoms with Gasteiger partial charge in [-0.15, -0.1) is 0 Å². The second-order valence-electron chi connectivity index (χ2n) is 7.05. The largest absolute Gasteiger partial charge is 0.497 e. The van der Waals surface area contributed by atoms with Crippen LogP contribution in [-0.4, -0.2) is 51.8 Å². The zero-order valence-electron chi connectivity index (χ0n) is 17.4. The van der Waals surface area contributed by atoms with Crippen molar-refractivity contribution in [3.8, 4) is 11.5 Å². The summed E-state index contributed by atoms with van der Waals surface area (Å²) in [5, 5.41) is 0.709. The van der Waals surface area contributed by atoms with Crippen molar-refractivity contribution in [2.24, 2.45) is 0 Å². The third-order valence-corrected chi connectivity index (χ3v) is 5.59. The third-order valence-electron chi connectivity index (χ3n) is 4.53. The molecule has 2 aromatic carbocycles. The zero-order chi connectivity index (χ0) is 20.8. The van der Waals surface area contributed by atoms with Crippen molar-refractivity contribution in [2.45, 2.75) is 13.3 Å². The maximum absolute atomic E-state index is 13.3. The highest BCUT2D eigenvalue weighted by molar-refractivity contribution is 7.22. The lowest BCUT2D eigenvalue weighted by Gasteiger charge is -2.20. The Morgan fingerprint density at radius 2 is 1.86 bits per heavy atom. The fourth-order valence-electron chi connectivity index (χ4n) is 3.03. The molecule has 3 rings (SSSR count). The van der Waals surface area contributed by atoms with E-state index in [1.165, 1.54) is 16.2 Å². The number of carbonyl (C=O) groups is 1. The quantitative estimate of drug-likeness (QED) is 0.585. The molecule has 0 spiro atoms. The number of thiazole rings is 1. The number of rotatable bonds is 9. The van der Waals surface area contributed by atoms with Gasteiger partial charge in [-0.2, -0.15) is 0 Å². The molecule has 7 heteroatoms. The molecular formula is C22H28N3O3S+. The average Bonchev–Trinajstić information content (AvgIpc) is 3.14. The fraction of sp³-hybridized carbons (Fsp3) is 0.364. The SMILES string of the molecule is CCOc1ccc(C(=O)N(CCC[NH+](C)C)c2nc3cc(OC)ccc3s2)cc1. The molecule has 0 radical (unpaired) electrons. The zero-order valence-corrected chi connectivity index (χ0v) is 18.2. The van der Waals surface area contributed by atoms with Gasteiger partial charge in [0.15, 0.2) is 5.13 Å². The maximum atomic E-state index is 13.3. The molecule has 1 aromatic heterocycles. The topological polar surface area (TPSA) is 56.1 Å². The maximum Gasteiger partial charge on any atom is 0.260 e. The van der Waals surface area contributed by atoms with Crippen LogP contribution >= 0.6 is 11.3 Å². The van der Waals surface area contributed by atoms with E-state index in [0.29, 0.717) is 23.8 Å². The van der Waals surface area contributed by atoms with Crippen LogP contribution in [0, 0.1) is 0 Å². The molecule has 0 unspecified atom stereocenters. The first kappa shape index (κ1) is 21.1. The molecule has 0 fully saturated rings. The van der Waals surface area contributed by atoms with Crippen molar-refractivity contribution < 1.29 is 19.2 Å². The standard InChI is InChI=1S/C22H27N3O3S/c1-5-28-17-9-7-16(8-10-17)21(26)25(14-6-13-24(2)3)22-23-19-15-18(27-4)11-12-20(19)29-22/h7-12,15H,5-6,13-14H2,1-4H3/p+1. The minimum Gasteiger partial charge on any atom is -0.497 e. The summed E-state index contributed by atoms with van der Waals surface area (Å²) in [6.45, 7) is 4.14. The molecule has 0 bridgehead atoms. The van der Waals surface area contributed by atoms with Crippen LogP contribution in [0.15, 0.2) is 42.5 Å². The van der Waals surface area contributed by atoms with Crippen molar-refractivity contribution in [3.63, 3.8) is 0 Å². The molecule has 0 atom stereocenters. The highest BCUT2D eigenvalue weighted by atomic mass is 32.1. The number of aromatic nitrogens is 1. The van der Waals surface area contributed by atoms with E-state index in [4.69, 9.17) is 14.5 Å². The second-order valence-corrected chi connectivity index (χ2v) is 8.06. The molecule has 0 saturated carbocycles. The molecule has 0 aliphatic rings. The normalized spacial score (nSPS) is 11.1. The number of nitrogens with one attached hydrogen (secondary N) is 1. The summed E-state index contributed by atoms with van der Waals surface area (Å²) in [7, 11) is 5.87. The van der Waals surface area contributed by atoms with E-state index >= 15 is 0 Å². The Balaban J connectivity index is 1.89. The highest BCUT2D eigenvalue weighted by Gasteiger charge is 2.21. The number of nitrogens with zero attached hydrogens (tertiary/aromatic N) is 2. The molecule has 1 N–H and O–H groups in total. The first-order chi connectivity index (χ1) is 14.0. The number of ether oxygens (including phenoxy) is 2. The van der Waals surface area contributed by atoms with E-state index in [9.17, 15) is 4.79 Å². The molecule has 0 aliphatic heterocycles. The molecule has 0 aliphatic carbocycles. The Labute approximate surface area is 175 Å². The molecule has 29 heavy (non-hydrogen) atoms. The number of hydrogen-bond donors (Lipinski definition) is 1. The van der Waals surface area contributed by atoms with Gasteiger partial charge in [-0.05, 0) is 43.3 Å². The minimum atomic E-state index is -0.0483. The minimum absolute atomic E-state index is 0.0483. The van der Waals surface area contributed by atoms with Crippen molar-refractivity contribution in [1.29, 1.82) is 0 Å². The number of anilines is 1.